The first-order valence-corrected chi connectivity index (χ1v) is 14.3. The molecule has 0 bridgehead atoms. The quantitative estimate of drug-likeness (QED) is 0.110. The lowest BCUT2D eigenvalue weighted by molar-refractivity contribution is -0.113. The molecule has 0 aliphatic carbocycles. The van der Waals surface area contributed by atoms with Crippen molar-refractivity contribution in [3.05, 3.63) is 88.0 Å². The van der Waals surface area contributed by atoms with E-state index in [4.69, 9.17) is 32.7 Å². The number of thioether (sulfide) groups is 1. The monoisotopic (exact) mass is 602 g/mol. The molecule has 12 heteroatoms. The van der Waals surface area contributed by atoms with E-state index in [-0.39, 0.29) is 17.2 Å². The number of hydrogen-bond acceptors (Lipinski definition) is 8. The highest BCUT2D eigenvalue weighted by Gasteiger charge is 2.24. The minimum Gasteiger partial charge on any atom is -0.483 e. The lowest BCUT2D eigenvalue weighted by Gasteiger charge is -2.16. The van der Waals surface area contributed by atoms with Gasteiger partial charge in [-0.05, 0) is 42.8 Å². The zero-order valence-corrected chi connectivity index (χ0v) is 24.2. The van der Waals surface area contributed by atoms with Gasteiger partial charge < -0.3 is 14.8 Å². The Morgan fingerprint density at radius 3 is 2.64 bits per heavy atom. The van der Waals surface area contributed by atoms with Crippen LogP contribution in [-0.2, 0) is 16.1 Å². The zero-order valence-electron chi connectivity index (χ0n) is 21.0. The van der Waals surface area contributed by atoms with Crippen molar-refractivity contribution in [2.24, 2.45) is 0 Å². The van der Waals surface area contributed by atoms with Crippen LogP contribution in [0.4, 0.5) is 5.00 Å². The van der Waals surface area contributed by atoms with Crippen molar-refractivity contribution in [1.29, 1.82) is 0 Å². The first kappa shape index (κ1) is 28.7. The second-order valence-corrected chi connectivity index (χ2v) is 10.8. The molecule has 4 rings (SSSR count). The fourth-order valence-electron chi connectivity index (χ4n) is 3.69. The number of allylic oxidation sites excluding steroid dienone is 1. The molecular formula is C27H24Cl2N4O4S2. The summed E-state index contributed by atoms with van der Waals surface area (Å²) in [6.45, 7) is 6.10. The van der Waals surface area contributed by atoms with Gasteiger partial charge >= 0.3 is 5.97 Å². The highest BCUT2D eigenvalue weighted by atomic mass is 35.5. The number of amides is 1. The fourth-order valence-corrected chi connectivity index (χ4v) is 5.73. The van der Waals surface area contributed by atoms with E-state index >= 15 is 0 Å². The van der Waals surface area contributed by atoms with Crippen LogP contribution in [0.1, 0.15) is 29.2 Å². The highest BCUT2D eigenvalue weighted by Crippen LogP contribution is 2.37. The molecule has 1 N–H and O–H groups in total. The number of aromatic nitrogens is 3. The minimum absolute atomic E-state index is 0.0353. The number of hydrogen-bond donors (Lipinski definition) is 1. The van der Waals surface area contributed by atoms with Crippen LogP contribution in [0, 0.1) is 0 Å². The van der Waals surface area contributed by atoms with Gasteiger partial charge in [0.15, 0.2) is 17.1 Å². The zero-order chi connectivity index (χ0) is 27.9. The number of esters is 1. The molecule has 4 aromatic rings. The normalized spacial score (nSPS) is 11.6. The number of rotatable bonds is 11. The molecule has 0 spiro atoms. The van der Waals surface area contributed by atoms with E-state index in [9.17, 15) is 9.59 Å². The number of halogens is 2. The van der Waals surface area contributed by atoms with E-state index in [1.54, 1.807) is 53.9 Å². The van der Waals surface area contributed by atoms with Gasteiger partial charge in [0.25, 0.3) is 0 Å². The molecule has 1 atom stereocenters. The van der Waals surface area contributed by atoms with Crippen molar-refractivity contribution in [2.75, 3.05) is 18.2 Å². The summed E-state index contributed by atoms with van der Waals surface area (Å²) in [5.41, 5.74) is 1.72. The number of carbonyl (C=O) groups is 2. The molecule has 0 radical (unpaired) electrons. The van der Waals surface area contributed by atoms with Gasteiger partial charge in [0.2, 0.25) is 5.91 Å². The third-order valence-electron chi connectivity index (χ3n) is 5.45. The molecule has 202 valence electrons. The van der Waals surface area contributed by atoms with Crippen LogP contribution in [0.5, 0.6) is 5.75 Å². The van der Waals surface area contributed by atoms with E-state index in [1.807, 2.05) is 17.6 Å². The predicted molar refractivity (Wildman–Crippen MR) is 156 cm³/mol. The number of thiophene rings is 1. The van der Waals surface area contributed by atoms with Crippen LogP contribution >= 0.6 is 46.3 Å². The molecule has 1 amide bonds. The molecule has 2 aromatic heterocycles. The summed E-state index contributed by atoms with van der Waals surface area (Å²) in [4.78, 5) is 25.5. The SMILES string of the molecule is C=CCn1c(SCC(=O)Nc2scc(-c3ccc(Cl)cc3)c2C(=O)OC)nnc1C(C)Oc1cccc(Cl)c1. The van der Waals surface area contributed by atoms with Gasteiger partial charge in [0.1, 0.15) is 16.3 Å². The van der Waals surface area contributed by atoms with Gasteiger partial charge in [0, 0.05) is 27.5 Å². The van der Waals surface area contributed by atoms with Crippen LogP contribution in [0.25, 0.3) is 11.1 Å². The van der Waals surface area contributed by atoms with Crippen molar-refractivity contribution < 1.29 is 19.1 Å². The summed E-state index contributed by atoms with van der Waals surface area (Å²) in [5, 5.41) is 15.3. The molecule has 1 unspecified atom stereocenters. The number of nitrogens with one attached hydrogen (secondary N) is 1. The maximum atomic E-state index is 12.9. The third kappa shape index (κ3) is 7.02. The molecule has 0 saturated heterocycles. The molecule has 0 aliphatic heterocycles. The highest BCUT2D eigenvalue weighted by molar-refractivity contribution is 7.99. The second-order valence-electron chi connectivity index (χ2n) is 8.15. The molecule has 0 saturated carbocycles. The van der Waals surface area contributed by atoms with Crippen LogP contribution in [0.2, 0.25) is 10.0 Å². The number of anilines is 1. The molecule has 2 heterocycles. The Morgan fingerprint density at radius 1 is 1.18 bits per heavy atom. The molecule has 0 aliphatic rings. The summed E-state index contributed by atoms with van der Waals surface area (Å²) in [6, 6.07) is 14.2. The predicted octanol–water partition coefficient (Wildman–Crippen LogP) is 7.16. The molecule has 8 nitrogen and oxygen atoms in total. The molecule has 2 aromatic carbocycles. The van der Waals surface area contributed by atoms with Gasteiger partial charge in [-0.3, -0.25) is 9.36 Å². The Balaban J connectivity index is 1.47. The van der Waals surface area contributed by atoms with E-state index in [1.165, 1.54) is 30.2 Å². The van der Waals surface area contributed by atoms with Crippen molar-refractivity contribution in [3.63, 3.8) is 0 Å². The standard InChI is InChI=1S/C27H24Cl2N4O4S2/c1-4-12-33-24(16(2)37-20-7-5-6-19(29)13-20)31-32-27(33)39-15-22(34)30-25-23(26(35)36-3)21(14-38-25)17-8-10-18(28)11-9-17/h4-11,13-14,16H,1,12,15H2,2-3H3,(H,30,34). The van der Waals surface area contributed by atoms with Gasteiger partial charge in [-0.2, -0.15) is 0 Å². The van der Waals surface area contributed by atoms with Crippen molar-refractivity contribution >= 4 is 63.2 Å². The Labute approximate surface area is 243 Å². The number of benzene rings is 2. The number of methoxy groups -OCH3 is 1. The van der Waals surface area contributed by atoms with E-state index < -0.39 is 12.1 Å². The lowest BCUT2D eigenvalue weighted by atomic mass is 10.0. The minimum atomic E-state index is -0.548. The topological polar surface area (TPSA) is 95.3 Å². The average Bonchev–Trinajstić information content (AvgIpc) is 3.52. The Kier molecular flexibility index (Phi) is 9.68. The Hall–Kier alpha value is -3.31. The largest absolute Gasteiger partial charge is 0.483 e. The van der Waals surface area contributed by atoms with E-state index in [0.29, 0.717) is 43.9 Å². The van der Waals surface area contributed by atoms with Crippen LogP contribution in [0.15, 0.2) is 71.7 Å². The number of nitrogens with zero attached hydrogens (tertiary/aromatic N) is 3. The van der Waals surface area contributed by atoms with Crippen LogP contribution < -0.4 is 10.1 Å². The Bertz CT molecular complexity index is 1490. The third-order valence-corrected chi connectivity index (χ3v) is 7.80. The summed E-state index contributed by atoms with van der Waals surface area (Å²) >= 11 is 14.5. The number of carbonyl (C=O) groups excluding carboxylic acids is 2. The number of ether oxygens (including phenoxy) is 2. The van der Waals surface area contributed by atoms with Gasteiger partial charge in [-0.25, -0.2) is 4.79 Å². The Morgan fingerprint density at radius 2 is 1.95 bits per heavy atom. The molecular weight excluding hydrogens is 579 g/mol. The fraction of sp³-hybridized carbons (Fsp3) is 0.185. The van der Waals surface area contributed by atoms with E-state index in [0.717, 1.165) is 5.56 Å². The summed E-state index contributed by atoms with van der Waals surface area (Å²) in [5.74, 6) is 0.359. The van der Waals surface area contributed by atoms with Crippen molar-refractivity contribution in [3.8, 4) is 16.9 Å². The van der Waals surface area contributed by atoms with Gasteiger partial charge in [-0.1, -0.05) is 59.2 Å². The van der Waals surface area contributed by atoms with Crippen molar-refractivity contribution in [2.45, 2.75) is 24.7 Å². The lowest BCUT2D eigenvalue weighted by Crippen LogP contribution is -2.17. The van der Waals surface area contributed by atoms with Gasteiger partial charge in [-0.15, -0.1) is 28.1 Å². The van der Waals surface area contributed by atoms with Crippen LogP contribution in [0.3, 0.4) is 0 Å². The second kappa shape index (κ2) is 13.2. The molecule has 0 fully saturated rings. The first-order valence-electron chi connectivity index (χ1n) is 11.6. The maximum absolute atomic E-state index is 12.9. The summed E-state index contributed by atoms with van der Waals surface area (Å²) in [7, 11) is 1.30. The molecule has 39 heavy (non-hydrogen) atoms. The summed E-state index contributed by atoms with van der Waals surface area (Å²) < 4.78 is 12.8. The van der Waals surface area contributed by atoms with E-state index in [2.05, 4.69) is 22.1 Å². The first-order chi connectivity index (χ1) is 18.8. The van der Waals surface area contributed by atoms with Crippen LogP contribution in [-0.4, -0.2) is 39.5 Å². The average molecular weight is 604 g/mol. The summed E-state index contributed by atoms with van der Waals surface area (Å²) in [6.07, 6.45) is 1.29. The van der Waals surface area contributed by atoms with Crippen molar-refractivity contribution in [1.82, 2.24) is 14.8 Å². The smallest absolute Gasteiger partial charge is 0.341 e. The van der Waals surface area contributed by atoms with Gasteiger partial charge in [0.05, 0.1) is 12.9 Å². The maximum Gasteiger partial charge on any atom is 0.341 e.